The monoisotopic (exact) mass is 437 g/mol. The Balaban J connectivity index is 1.74. The number of aliphatic hydroxyl groups excluding tert-OH is 1. The standard InChI is InChI=1S/C20H24ClN3O4S/c1-10(9-25)24-16(18(27)23-12-6-4-3-5-11(12)21)20-8-7-13(29-20)14(17(26)22-2)15(20)19(24)28/h3-6,10,13-16,25H,7-9H2,1-2H3,(H,22,26)(H,23,27)/t10-,13-,14+,15+,16?,20?/m1/s1. The van der Waals surface area contributed by atoms with Crippen LogP contribution in [0.3, 0.4) is 0 Å². The molecule has 0 radical (unpaired) electrons. The molecule has 3 amide bonds. The smallest absolute Gasteiger partial charge is 0.248 e. The molecular weight excluding hydrogens is 414 g/mol. The highest BCUT2D eigenvalue weighted by molar-refractivity contribution is 8.02. The van der Waals surface area contributed by atoms with Crippen molar-refractivity contribution < 1.29 is 19.5 Å². The van der Waals surface area contributed by atoms with Crippen molar-refractivity contribution in [2.24, 2.45) is 11.8 Å². The number of amides is 3. The van der Waals surface area contributed by atoms with Crippen molar-refractivity contribution in [3.05, 3.63) is 29.3 Å². The van der Waals surface area contributed by atoms with Gasteiger partial charge in [-0.1, -0.05) is 23.7 Å². The summed E-state index contributed by atoms with van der Waals surface area (Å²) in [5.41, 5.74) is 0.475. The summed E-state index contributed by atoms with van der Waals surface area (Å²) in [5.74, 6) is -1.75. The van der Waals surface area contributed by atoms with Crippen LogP contribution in [0.2, 0.25) is 5.02 Å². The van der Waals surface area contributed by atoms with Crippen LogP contribution in [0.4, 0.5) is 5.69 Å². The molecule has 0 saturated carbocycles. The molecule has 1 aromatic carbocycles. The molecule has 3 N–H and O–H groups in total. The largest absolute Gasteiger partial charge is 0.394 e. The Morgan fingerprint density at radius 2 is 2.10 bits per heavy atom. The van der Waals surface area contributed by atoms with Gasteiger partial charge in [-0.2, -0.15) is 0 Å². The Labute approximate surface area is 178 Å². The number of nitrogens with zero attached hydrogens (tertiary/aromatic N) is 1. The van der Waals surface area contributed by atoms with E-state index in [0.29, 0.717) is 17.1 Å². The highest BCUT2D eigenvalue weighted by Crippen LogP contribution is 2.66. The number of thioether (sulfide) groups is 1. The maximum Gasteiger partial charge on any atom is 0.248 e. The quantitative estimate of drug-likeness (QED) is 0.648. The molecule has 29 heavy (non-hydrogen) atoms. The first kappa shape index (κ1) is 20.5. The number of aliphatic hydroxyl groups is 1. The molecule has 3 heterocycles. The van der Waals surface area contributed by atoms with E-state index in [9.17, 15) is 19.5 Å². The number of hydrogen-bond acceptors (Lipinski definition) is 5. The molecule has 2 bridgehead atoms. The first-order chi connectivity index (χ1) is 13.9. The van der Waals surface area contributed by atoms with E-state index >= 15 is 0 Å². The second-order valence-electron chi connectivity index (χ2n) is 7.92. The molecule has 9 heteroatoms. The number of likely N-dealkylation sites (tertiary alicyclic amines) is 1. The molecule has 0 aliphatic carbocycles. The minimum absolute atomic E-state index is 0.0195. The van der Waals surface area contributed by atoms with Gasteiger partial charge in [0.05, 0.1) is 39.9 Å². The summed E-state index contributed by atoms with van der Waals surface area (Å²) < 4.78 is -0.673. The summed E-state index contributed by atoms with van der Waals surface area (Å²) in [5, 5.41) is 15.7. The first-order valence-corrected chi connectivity index (χ1v) is 11.0. The molecule has 6 atom stereocenters. The van der Waals surface area contributed by atoms with Gasteiger partial charge in [0.2, 0.25) is 17.7 Å². The number of carbonyl (C=O) groups excluding carboxylic acids is 3. The summed E-state index contributed by atoms with van der Waals surface area (Å²) in [6.45, 7) is 1.46. The second-order valence-corrected chi connectivity index (χ2v) is 9.92. The molecule has 2 unspecified atom stereocenters. The van der Waals surface area contributed by atoms with Crippen molar-refractivity contribution >= 4 is 46.8 Å². The molecule has 4 rings (SSSR count). The number of carbonyl (C=O) groups is 3. The highest BCUT2D eigenvalue weighted by Gasteiger charge is 2.73. The summed E-state index contributed by atoms with van der Waals surface area (Å²) in [7, 11) is 1.57. The van der Waals surface area contributed by atoms with E-state index in [1.807, 2.05) is 0 Å². The lowest BCUT2D eigenvalue weighted by atomic mass is 9.71. The third-order valence-corrected chi connectivity index (χ3v) is 8.69. The number of anilines is 1. The fraction of sp³-hybridized carbons (Fsp3) is 0.550. The van der Waals surface area contributed by atoms with Gasteiger partial charge >= 0.3 is 0 Å². The van der Waals surface area contributed by atoms with Crippen LogP contribution in [-0.2, 0) is 14.4 Å². The molecule has 7 nitrogen and oxygen atoms in total. The molecule has 1 aromatic rings. The highest BCUT2D eigenvalue weighted by atomic mass is 35.5. The normalized spacial score (nSPS) is 33.5. The van der Waals surface area contributed by atoms with Crippen molar-refractivity contribution in [3.8, 4) is 0 Å². The molecule has 3 aliphatic heterocycles. The molecule has 1 spiro atoms. The van der Waals surface area contributed by atoms with Gasteiger partial charge in [-0.15, -0.1) is 11.8 Å². The second kappa shape index (κ2) is 7.49. The lowest BCUT2D eigenvalue weighted by Crippen LogP contribution is -2.54. The Hall–Kier alpha value is -1.77. The van der Waals surface area contributed by atoms with Crippen LogP contribution >= 0.6 is 23.4 Å². The van der Waals surface area contributed by atoms with Crippen molar-refractivity contribution in [3.63, 3.8) is 0 Å². The van der Waals surface area contributed by atoms with Gasteiger partial charge < -0.3 is 20.6 Å². The van der Waals surface area contributed by atoms with Crippen molar-refractivity contribution in [1.82, 2.24) is 10.2 Å². The molecule has 0 aromatic heterocycles. The first-order valence-electron chi connectivity index (χ1n) is 9.73. The number of halogens is 1. The summed E-state index contributed by atoms with van der Waals surface area (Å²) >= 11 is 7.80. The third kappa shape index (κ3) is 2.95. The van der Waals surface area contributed by atoms with E-state index < -0.39 is 28.7 Å². The predicted octanol–water partition coefficient (Wildman–Crippen LogP) is 1.50. The van der Waals surface area contributed by atoms with E-state index in [1.165, 1.54) is 4.90 Å². The van der Waals surface area contributed by atoms with Crippen LogP contribution in [0.5, 0.6) is 0 Å². The number of benzene rings is 1. The summed E-state index contributed by atoms with van der Waals surface area (Å²) in [6, 6.07) is 5.63. The van der Waals surface area contributed by atoms with E-state index in [1.54, 1.807) is 50.0 Å². The van der Waals surface area contributed by atoms with Crippen molar-refractivity contribution in [2.45, 2.75) is 41.8 Å². The van der Waals surface area contributed by atoms with Crippen LogP contribution in [0.25, 0.3) is 0 Å². The SMILES string of the molecule is CNC(=O)[C@@H]1[C@H]2C(=O)N([C@H](C)CO)C(C(=O)Nc3ccccc3Cl)C23CC[C@H]1S3. The summed E-state index contributed by atoms with van der Waals surface area (Å²) in [4.78, 5) is 41.0. The van der Waals surface area contributed by atoms with Gasteiger partial charge in [0.25, 0.3) is 0 Å². The maximum atomic E-state index is 13.5. The molecule has 3 aliphatic rings. The predicted molar refractivity (Wildman–Crippen MR) is 112 cm³/mol. The number of nitrogens with one attached hydrogen (secondary N) is 2. The number of fused-ring (bicyclic) bond motifs is 1. The maximum absolute atomic E-state index is 13.5. The Morgan fingerprint density at radius 3 is 2.76 bits per heavy atom. The van der Waals surface area contributed by atoms with Gasteiger partial charge in [-0.25, -0.2) is 0 Å². The molecular formula is C20H24ClN3O4S. The molecule has 3 saturated heterocycles. The zero-order valence-electron chi connectivity index (χ0n) is 16.2. The van der Waals surface area contributed by atoms with Crippen molar-refractivity contribution in [2.75, 3.05) is 19.0 Å². The number of hydrogen-bond donors (Lipinski definition) is 3. The Kier molecular flexibility index (Phi) is 5.29. The van der Waals surface area contributed by atoms with Crippen LogP contribution in [0.15, 0.2) is 24.3 Å². The fourth-order valence-corrected chi connectivity index (χ4v) is 7.57. The Bertz CT molecular complexity index is 868. The lowest BCUT2D eigenvalue weighted by molar-refractivity contribution is -0.141. The minimum atomic E-state index is -0.775. The molecule has 156 valence electrons. The van der Waals surface area contributed by atoms with Crippen LogP contribution < -0.4 is 10.6 Å². The Morgan fingerprint density at radius 1 is 1.38 bits per heavy atom. The van der Waals surface area contributed by atoms with Gasteiger partial charge in [0.15, 0.2) is 0 Å². The zero-order valence-corrected chi connectivity index (χ0v) is 17.8. The minimum Gasteiger partial charge on any atom is -0.394 e. The third-order valence-electron chi connectivity index (χ3n) is 6.41. The van der Waals surface area contributed by atoms with Crippen molar-refractivity contribution in [1.29, 1.82) is 0 Å². The van der Waals surface area contributed by atoms with Gasteiger partial charge in [-0.3, -0.25) is 14.4 Å². The molecule has 3 fully saturated rings. The van der Waals surface area contributed by atoms with Gasteiger partial charge in [0.1, 0.15) is 6.04 Å². The van der Waals surface area contributed by atoms with E-state index in [-0.39, 0.29) is 29.6 Å². The van der Waals surface area contributed by atoms with Crippen LogP contribution in [-0.4, -0.2) is 63.5 Å². The average molecular weight is 438 g/mol. The lowest BCUT2D eigenvalue weighted by Gasteiger charge is -2.36. The number of rotatable bonds is 5. The average Bonchev–Trinajstić information content (AvgIpc) is 3.35. The fourth-order valence-electron chi connectivity index (χ4n) is 5.18. The van der Waals surface area contributed by atoms with E-state index in [0.717, 1.165) is 6.42 Å². The topological polar surface area (TPSA) is 98.7 Å². The van der Waals surface area contributed by atoms with Crippen LogP contribution in [0, 0.1) is 11.8 Å². The van der Waals surface area contributed by atoms with Gasteiger partial charge in [0, 0.05) is 12.3 Å². The summed E-state index contributed by atoms with van der Waals surface area (Å²) in [6.07, 6.45) is 1.46. The van der Waals surface area contributed by atoms with E-state index in [4.69, 9.17) is 11.6 Å². The van der Waals surface area contributed by atoms with E-state index in [2.05, 4.69) is 10.6 Å². The van der Waals surface area contributed by atoms with Crippen LogP contribution in [0.1, 0.15) is 19.8 Å². The van der Waals surface area contributed by atoms with Gasteiger partial charge in [-0.05, 0) is 31.9 Å². The number of para-hydroxylation sites is 1. The zero-order chi connectivity index (χ0) is 20.9.